The zero-order chi connectivity index (χ0) is 13.8. The summed E-state index contributed by atoms with van der Waals surface area (Å²) in [5.41, 5.74) is 2.56. The van der Waals surface area contributed by atoms with E-state index < -0.39 is 0 Å². The van der Waals surface area contributed by atoms with Crippen molar-refractivity contribution in [3.8, 4) is 5.75 Å². The highest BCUT2D eigenvalue weighted by molar-refractivity contribution is 5.81. The van der Waals surface area contributed by atoms with Crippen LogP contribution in [0.4, 0.5) is 0 Å². The van der Waals surface area contributed by atoms with Gasteiger partial charge in [-0.05, 0) is 23.3 Å². The normalized spacial score (nSPS) is 13.3. The fourth-order valence-electron chi connectivity index (χ4n) is 2.24. The van der Waals surface area contributed by atoms with Crippen LogP contribution in [0.15, 0.2) is 12.1 Å². The lowest BCUT2D eigenvalue weighted by Crippen LogP contribution is -2.26. The average Bonchev–Trinajstić information content (AvgIpc) is 2.85. The van der Waals surface area contributed by atoms with E-state index in [-0.39, 0.29) is 5.91 Å². The first-order valence-electron chi connectivity index (χ1n) is 6.11. The minimum absolute atomic E-state index is 0.0599. The Bertz CT molecular complexity index is 498. The lowest BCUT2D eigenvalue weighted by atomic mass is 10.1. The fourth-order valence-corrected chi connectivity index (χ4v) is 2.24. The number of methoxy groups -OCH3 is 2. The van der Waals surface area contributed by atoms with Crippen LogP contribution in [0.25, 0.3) is 0 Å². The molecule has 1 aromatic carbocycles. The third-order valence-electron chi connectivity index (χ3n) is 3.27. The number of hydrogen-bond acceptors (Lipinski definition) is 4. The van der Waals surface area contributed by atoms with Crippen molar-refractivity contribution in [1.82, 2.24) is 4.90 Å². The molecule has 0 fully saturated rings. The van der Waals surface area contributed by atoms with Crippen molar-refractivity contribution in [2.24, 2.45) is 0 Å². The third kappa shape index (κ3) is 2.76. The molecule has 0 spiro atoms. The Hall–Kier alpha value is -1.88. The van der Waals surface area contributed by atoms with Crippen molar-refractivity contribution >= 4 is 12.2 Å². The first-order chi connectivity index (χ1) is 9.19. The van der Waals surface area contributed by atoms with Crippen LogP contribution in [0.3, 0.4) is 0 Å². The number of aldehydes is 1. The van der Waals surface area contributed by atoms with Gasteiger partial charge in [-0.1, -0.05) is 0 Å². The van der Waals surface area contributed by atoms with Gasteiger partial charge in [0.2, 0.25) is 5.91 Å². The van der Waals surface area contributed by atoms with Crippen LogP contribution in [-0.4, -0.2) is 37.9 Å². The van der Waals surface area contributed by atoms with E-state index in [0.29, 0.717) is 37.4 Å². The van der Waals surface area contributed by atoms with Gasteiger partial charge in [-0.2, -0.15) is 0 Å². The van der Waals surface area contributed by atoms with Crippen LogP contribution >= 0.6 is 0 Å². The maximum absolute atomic E-state index is 11.9. The number of hydrogen-bond donors (Lipinski definition) is 0. The summed E-state index contributed by atoms with van der Waals surface area (Å²) < 4.78 is 10.1. The Labute approximate surface area is 112 Å². The molecule has 1 amide bonds. The fraction of sp³-hybridized carbons (Fsp3) is 0.429. The first kappa shape index (κ1) is 13.5. The number of carbonyl (C=O) groups excluding carboxylic acids is 2. The van der Waals surface area contributed by atoms with E-state index >= 15 is 0 Å². The molecule has 0 atom stereocenters. The number of nitrogens with zero attached hydrogens (tertiary/aromatic N) is 1. The highest BCUT2D eigenvalue weighted by atomic mass is 16.5. The van der Waals surface area contributed by atoms with Crippen molar-refractivity contribution in [1.29, 1.82) is 0 Å². The molecule has 5 nitrogen and oxygen atoms in total. The molecule has 0 aliphatic carbocycles. The first-order valence-corrected chi connectivity index (χ1v) is 6.11. The molecule has 0 unspecified atom stereocenters. The highest BCUT2D eigenvalue weighted by Gasteiger charge is 2.24. The van der Waals surface area contributed by atoms with Gasteiger partial charge < -0.3 is 14.4 Å². The van der Waals surface area contributed by atoms with Crippen molar-refractivity contribution < 1.29 is 19.1 Å². The second kappa shape index (κ2) is 5.84. The van der Waals surface area contributed by atoms with E-state index in [9.17, 15) is 9.59 Å². The smallest absolute Gasteiger partial charge is 0.225 e. The van der Waals surface area contributed by atoms with Gasteiger partial charge in [-0.15, -0.1) is 0 Å². The molecule has 1 aliphatic rings. The standard InChI is InChI=1S/C14H17NO4/c1-18-4-3-14(17)15-7-10-5-12(9-16)13(19-2)6-11(10)8-15/h5-6,9H,3-4,7-8H2,1-2H3. The quantitative estimate of drug-likeness (QED) is 0.753. The molecule has 0 saturated carbocycles. The maximum Gasteiger partial charge on any atom is 0.225 e. The zero-order valence-electron chi connectivity index (χ0n) is 11.1. The lowest BCUT2D eigenvalue weighted by Gasteiger charge is -2.14. The summed E-state index contributed by atoms with van der Waals surface area (Å²) in [5.74, 6) is 0.615. The van der Waals surface area contributed by atoms with E-state index in [1.807, 2.05) is 6.07 Å². The van der Waals surface area contributed by atoms with E-state index in [2.05, 4.69) is 0 Å². The second-order valence-electron chi connectivity index (χ2n) is 4.47. The van der Waals surface area contributed by atoms with Crippen LogP contribution in [-0.2, 0) is 22.6 Å². The Morgan fingerprint density at radius 2 is 2.00 bits per heavy atom. The van der Waals surface area contributed by atoms with Gasteiger partial charge in [0, 0.05) is 20.2 Å². The van der Waals surface area contributed by atoms with Gasteiger partial charge in [0.05, 0.1) is 25.7 Å². The molecule has 0 bridgehead atoms. The zero-order valence-corrected chi connectivity index (χ0v) is 11.1. The number of benzene rings is 1. The van der Waals surface area contributed by atoms with Crippen LogP contribution in [0.5, 0.6) is 5.75 Å². The predicted octanol–water partition coefficient (Wildman–Crippen LogP) is 1.39. The Morgan fingerprint density at radius 3 is 2.58 bits per heavy atom. The molecule has 1 aliphatic heterocycles. The number of ether oxygens (including phenoxy) is 2. The average molecular weight is 263 g/mol. The van der Waals surface area contributed by atoms with Crippen LogP contribution in [0.2, 0.25) is 0 Å². The summed E-state index contributed by atoms with van der Waals surface area (Å²) in [6, 6.07) is 3.63. The summed E-state index contributed by atoms with van der Waals surface area (Å²) in [6.45, 7) is 1.53. The summed E-state index contributed by atoms with van der Waals surface area (Å²) in [7, 11) is 3.11. The molecule has 19 heavy (non-hydrogen) atoms. The molecular weight excluding hydrogens is 246 g/mol. The van der Waals surface area contributed by atoms with E-state index in [1.165, 1.54) is 7.11 Å². The number of fused-ring (bicyclic) bond motifs is 1. The Kier molecular flexibility index (Phi) is 4.16. The molecule has 0 N–H and O–H groups in total. The highest BCUT2D eigenvalue weighted by Crippen LogP contribution is 2.29. The number of carbonyl (C=O) groups is 2. The topological polar surface area (TPSA) is 55.8 Å². The molecule has 0 saturated heterocycles. The van der Waals surface area contributed by atoms with Crippen molar-refractivity contribution in [2.75, 3.05) is 20.8 Å². The van der Waals surface area contributed by atoms with Gasteiger partial charge in [-0.3, -0.25) is 9.59 Å². The van der Waals surface area contributed by atoms with Crippen molar-refractivity contribution in [2.45, 2.75) is 19.5 Å². The molecule has 0 radical (unpaired) electrons. The summed E-state index contributed by atoms with van der Waals surface area (Å²) >= 11 is 0. The van der Waals surface area contributed by atoms with Gasteiger partial charge in [-0.25, -0.2) is 0 Å². The van der Waals surface area contributed by atoms with Gasteiger partial charge in [0.25, 0.3) is 0 Å². The minimum Gasteiger partial charge on any atom is -0.496 e. The number of rotatable bonds is 5. The predicted molar refractivity (Wildman–Crippen MR) is 69.1 cm³/mol. The van der Waals surface area contributed by atoms with Crippen molar-refractivity contribution in [3.05, 3.63) is 28.8 Å². The van der Waals surface area contributed by atoms with E-state index in [0.717, 1.165) is 17.4 Å². The minimum atomic E-state index is 0.0599. The van der Waals surface area contributed by atoms with E-state index in [4.69, 9.17) is 9.47 Å². The second-order valence-corrected chi connectivity index (χ2v) is 4.47. The van der Waals surface area contributed by atoms with Crippen LogP contribution in [0, 0.1) is 0 Å². The molecule has 2 rings (SSSR count). The summed E-state index contributed by atoms with van der Waals surface area (Å²) in [4.78, 5) is 24.7. The monoisotopic (exact) mass is 263 g/mol. The SMILES string of the molecule is COCCC(=O)N1Cc2cc(C=O)c(OC)cc2C1. The molecule has 5 heteroatoms. The lowest BCUT2D eigenvalue weighted by molar-refractivity contribution is -0.132. The summed E-state index contributed by atoms with van der Waals surface area (Å²) in [5, 5.41) is 0. The Balaban J connectivity index is 2.15. The summed E-state index contributed by atoms with van der Waals surface area (Å²) in [6.07, 6.45) is 1.15. The largest absolute Gasteiger partial charge is 0.496 e. The number of amides is 1. The van der Waals surface area contributed by atoms with Gasteiger partial charge in [0.1, 0.15) is 5.75 Å². The van der Waals surface area contributed by atoms with Gasteiger partial charge >= 0.3 is 0 Å². The maximum atomic E-state index is 11.9. The van der Waals surface area contributed by atoms with Gasteiger partial charge in [0.15, 0.2) is 6.29 Å². The molecular formula is C14H17NO4. The van der Waals surface area contributed by atoms with Crippen molar-refractivity contribution in [3.63, 3.8) is 0 Å². The van der Waals surface area contributed by atoms with Crippen LogP contribution in [0.1, 0.15) is 27.9 Å². The molecule has 102 valence electrons. The van der Waals surface area contributed by atoms with Crippen LogP contribution < -0.4 is 4.74 Å². The molecule has 0 aromatic heterocycles. The third-order valence-corrected chi connectivity index (χ3v) is 3.27. The Morgan fingerprint density at radius 1 is 1.32 bits per heavy atom. The molecule has 1 aromatic rings. The van der Waals surface area contributed by atoms with E-state index in [1.54, 1.807) is 18.1 Å². The molecule has 1 heterocycles.